The van der Waals surface area contributed by atoms with Gasteiger partial charge in [-0.05, 0) is 0 Å². The number of hydrogen-bond acceptors (Lipinski definition) is 7. The van der Waals surface area contributed by atoms with E-state index in [-0.39, 0.29) is 5.84 Å². The summed E-state index contributed by atoms with van der Waals surface area (Å²) in [7, 11) is 0. The summed E-state index contributed by atoms with van der Waals surface area (Å²) in [6.07, 6.45) is 0. The lowest BCUT2D eigenvalue weighted by Gasteiger charge is -2.33. The van der Waals surface area contributed by atoms with Crippen molar-refractivity contribution >= 4 is 22.5 Å². The Labute approximate surface area is 116 Å². The molecule has 3 N–H and O–H groups in total. The number of rotatable bonds is 4. The highest BCUT2D eigenvalue weighted by molar-refractivity contribution is 7.09. The SMILES string of the molecule is CC(C)c1nsc(N2CCN(CC(N)=NO)CC2)n1. The fourth-order valence-electron chi connectivity index (χ4n) is 1.95. The maximum absolute atomic E-state index is 8.56. The lowest BCUT2D eigenvalue weighted by Crippen LogP contribution is -2.48. The second kappa shape index (κ2) is 6.16. The van der Waals surface area contributed by atoms with Gasteiger partial charge in [-0.1, -0.05) is 19.0 Å². The lowest BCUT2D eigenvalue weighted by atomic mass is 10.2. The zero-order valence-electron chi connectivity index (χ0n) is 11.3. The number of oxime groups is 1. The van der Waals surface area contributed by atoms with Crippen molar-refractivity contribution in [2.75, 3.05) is 37.6 Å². The second-order valence-corrected chi connectivity index (χ2v) is 5.67. The second-order valence-electron chi connectivity index (χ2n) is 4.94. The minimum atomic E-state index is 0.256. The van der Waals surface area contributed by atoms with Crippen LogP contribution in [0.25, 0.3) is 0 Å². The molecule has 1 fully saturated rings. The molecule has 1 aliphatic heterocycles. The van der Waals surface area contributed by atoms with Crippen LogP contribution in [-0.2, 0) is 0 Å². The quantitative estimate of drug-likeness (QED) is 0.363. The highest BCUT2D eigenvalue weighted by atomic mass is 32.1. The Morgan fingerprint density at radius 3 is 2.63 bits per heavy atom. The van der Waals surface area contributed by atoms with Crippen LogP contribution < -0.4 is 10.6 Å². The average Bonchev–Trinajstić information content (AvgIpc) is 2.89. The summed E-state index contributed by atoms with van der Waals surface area (Å²) in [6, 6.07) is 0. The Morgan fingerprint density at radius 2 is 2.11 bits per heavy atom. The van der Waals surface area contributed by atoms with Gasteiger partial charge in [-0.25, -0.2) is 4.98 Å². The molecule has 2 heterocycles. The third-order valence-corrected chi connectivity index (χ3v) is 3.90. The zero-order valence-corrected chi connectivity index (χ0v) is 12.1. The van der Waals surface area contributed by atoms with Gasteiger partial charge in [0.15, 0.2) is 5.84 Å². The van der Waals surface area contributed by atoms with Crippen LogP contribution in [0.3, 0.4) is 0 Å². The van der Waals surface area contributed by atoms with Gasteiger partial charge in [0, 0.05) is 43.6 Å². The highest BCUT2D eigenvalue weighted by Gasteiger charge is 2.21. The van der Waals surface area contributed by atoms with Crippen molar-refractivity contribution < 1.29 is 5.21 Å². The van der Waals surface area contributed by atoms with Crippen molar-refractivity contribution in [3.05, 3.63) is 5.82 Å². The minimum absolute atomic E-state index is 0.256. The van der Waals surface area contributed by atoms with Crippen LogP contribution in [0.2, 0.25) is 0 Å². The van der Waals surface area contributed by atoms with E-state index in [1.54, 1.807) is 0 Å². The summed E-state index contributed by atoms with van der Waals surface area (Å²) < 4.78 is 4.37. The predicted octanol–water partition coefficient (Wildman–Crippen LogP) is 0.530. The number of amidine groups is 1. The largest absolute Gasteiger partial charge is 0.409 e. The van der Waals surface area contributed by atoms with E-state index >= 15 is 0 Å². The molecule has 2 rings (SSSR count). The standard InChI is InChI=1S/C11H20N6OS/c1-8(2)10-13-11(19-15-10)17-5-3-16(4-6-17)7-9(12)14-18/h8,18H,3-7H2,1-2H3,(H2,12,14). The molecule has 0 atom stereocenters. The van der Waals surface area contributed by atoms with Gasteiger partial charge in [0.25, 0.3) is 0 Å². The molecule has 0 spiro atoms. The molecule has 0 aromatic carbocycles. The number of hydrogen-bond donors (Lipinski definition) is 2. The molecular formula is C11H20N6OS. The Kier molecular flexibility index (Phi) is 4.54. The first-order chi connectivity index (χ1) is 9.10. The van der Waals surface area contributed by atoms with E-state index in [0.29, 0.717) is 12.5 Å². The van der Waals surface area contributed by atoms with Crippen LogP contribution in [0.5, 0.6) is 0 Å². The van der Waals surface area contributed by atoms with Crippen molar-refractivity contribution in [2.24, 2.45) is 10.9 Å². The van der Waals surface area contributed by atoms with Crippen LogP contribution >= 0.6 is 11.5 Å². The number of nitrogens with two attached hydrogens (primary N) is 1. The Balaban J connectivity index is 1.88. The molecule has 0 unspecified atom stereocenters. The van der Waals surface area contributed by atoms with Crippen LogP contribution in [0, 0.1) is 0 Å². The molecular weight excluding hydrogens is 264 g/mol. The monoisotopic (exact) mass is 284 g/mol. The number of piperazine rings is 1. The molecule has 1 aliphatic rings. The molecule has 8 heteroatoms. The van der Waals surface area contributed by atoms with E-state index in [2.05, 4.69) is 38.2 Å². The van der Waals surface area contributed by atoms with Gasteiger partial charge in [0.1, 0.15) is 5.82 Å². The van der Waals surface area contributed by atoms with Gasteiger partial charge in [-0.2, -0.15) is 4.37 Å². The van der Waals surface area contributed by atoms with E-state index < -0.39 is 0 Å². The molecule has 1 aromatic rings. The molecule has 1 saturated heterocycles. The van der Waals surface area contributed by atoms with Crippen LogP contribution in [0.4, 0.5) is 5.13 Å². The van der Waals surface area contributed by atoms with Crippen molar-refractivity contribution in [3.8, 4) is 0 Å². The molecule has 0 saturated carbocycles. The van der Waals surface area contributed by atoms with Crippen molar-refractivity contribution in [1.29, 1.82) is 0 Å². The first kappa shape index (κ1) is 14.0. The fraction of sp³-hybridized carbons (Fsp3) is 0.727. The summed E-state index contributed by atoms with van der Waals surface area (Å²) >= 11 is 1.46. The summed E-state index contributed by atoms with van der Waals surface area (Å²) in [4.78, 5) is 8.97. The predicted molar refractivity (Wildman–Crippen MR) is 76.1 cm³/mol. The minimum Gasteiger partial charge on any atom is -0.409 e. The summed E-state index contributed by atoms with van der Waals surface area (Å²) in [5.74, 6) is 1.54. The van der Waals surface area contributed by atoms with Crippen molar-refractivity contribution in [3.63, 3.8) is 0 Å². The van der Waals surface area contributed by atoms with Gasteiger partial charge >= 0.3 is 0 Å². The highest BCUT2D eigenvalue weighted by Crippen LogP contribution is 2.22. The van der Waals surface area contributed by atoms with Gasteiger partial charge < -0.3 is 15.8 Å². The van der Waals surface area contributed by atoms with Crippen molar-refractivity contribution in [1.82, 2.24) is 14.3 Å². The molecule has 106 valence electrons. The molecule has 0 radical (unpaired) electrons. The Morgan fingerprint density at radius 1 is 1.42 bits per heavy atom. The lowest BCUT2D eigenvalue weighted by molar-refractivity contribution is 0.278. The smallest absolute Gasteiger partial charge is 0.205 e. The van der Waals surface area contributed by atoms with Gasteiger partial charge in [-0.3, -0.25) is 4.90 Å². The molecule has 0 aliphatic carbocycles. The fourth-order valence-corrected chi connectivity index (χ4v) is 2.81. The van der Waals surface area contributed by atoms with E-state index in [4.69, 9.17) is 10.9 Å². The molecule has 0 bridgehead atoms. The number of aromatic nitrogens is 2. The Hall–Kier alpha value is -1.41. The van der Waals surface area contributed by atoms with Gasteiger partial charge in [-0.15, -0.1) is 0 Å². The van der Waals surface area contributed by atoms with E-state index in [1.165, 1.54) is 11.5 Å². The number of anilines is 1. The maximum atomic E-state index is 8.56. The van der Waals surface area contributed by atoms with Crippen LogP contribution in [-0.4, -0.2) is 58.0 Å². The molecule has 1 aromatic heterocycles. The molecule has 19 heavy (non-hydrogen) atoms. The van der Waals surface area contributed by atoms with Crippen LogP contribution in [0.1, 0.15) is 25.6 Å². The van der Waals surface area contributed by atoms with Gasteiger partial charge in [0.05, 0.1) is 6.54 Å². The molecule has 0 amide bonds. The third kappa shape index (κ3) is 3.54. The Bertz CT molecular complexity index is 438. The first-order valence-electron chi connectivity index (χ1n) is 6.37. The van der Waals surface area contributed by atoms with E-state index in [9.17, 15) is 0 Å². The summed E-state index contributed by atoms with van der Waals surface area (Å²) in [5, 5.41) is 12.6. The third-order valence-electron chi connectivity index (χ3n) is 3.10. The zero-order chi connectivity index (χ0) is 13.8. The average molecular weight is 284 g/mol. The summed E-state index contributed by atoms with van der Waals surface area (Å²) in [6.45, 7) is 8.26. The first-order valence-corrected chi connectivity index (χ1v) is 7.14. The van der Waals surface area contributed by atoms with Crippen LogP contribution in [0.15, 0.2) is 5.16 Å². The van der Waals surface area contributed by atoms with Crippen molar-refractivity contribution in [2.45, 2.75) is 19.8 Å². The topological polar surface area (TPSA) is 90.9 Å². The maximum Gasteiger partial charge on any atom is 0.205 e. The van der Waals surface area contributed by atoms with Gasteiger partial charge in [0.2, 0.25) is 5.13 Å². The number of nitrogens with zero attached hydrogens (tertiary/aromatic N) is 5. The normalized spacial score (nSPS) is 18.3. The van der Waals surface area contributed by atoms with E-state index in [1.807, 2.05) is 0 Å². The summed E-state index contributed by atoms with van der Waals surface area (Å²) in [5.41, 5.74) is 5.51. The molecule has 7 nitrogen and oxygen atoms in total. The van der Waals surface area contributed by atoms with E-state index in [0.717, 1.165) is 37.1 Å².